The van der Waals surface area contributed by atoms with Gasteiger partial charge in [0.1, 0.15) is 11.5 Å². The smallest absolute Gasteiger partial charge is 0.227 e. The third-order valence-electron chi connectivity index (χ3n) is 5.25. The van der Waals surface area contributed by atoms with Crippen LogP contribution in [0.5, 0.6) is 0 Å². The predicted octanol–water partition coefficient (Wildman–Crippen LogP) is 2.56. The van der Waals surface area contributed by atoms with Gasteiger partial charge in [-0.2, -0.15) is 4.31 Å². The molecule has 9 heteroatoms. The van der Waals surface area contributed by atoms with Gasteiger partial charge in [-0.1, -0.05) is 0 Å². The van der Waals surface area contributed by atoms with Crippen LogP contribution < -0.4 is 10.6 Å². The van der Waals surface area contributed by atoms with Gasteiger partial charge < -0.3 is 15.1 Å². The monoisotopic (exact) mass is 415 g/mol. The van der Waals surface area contributed by atoms with E-state index in [1.807, 2.05) is 26.1 Å². The van der Waals surface area contributed by atoms with Crippen LogP contribution in [0.15, 0.2) is 40.2 Å². The molecule has 29 heavy (non-hydrogen) atoms. The number of anilines is 1. The van der Waals surface area contributed by atoms with Crippen LogP contribution in [0.3, 0.4) is 0 Å². The highest BCUT2D eigenvalue weighted by Gasteiger charge is 2.27. The summed E-state index contributed by atoms with van der Waals surface area (Å²) in [5.41, 5.74) is 4.76. The molecule has 0 fully saturated rings. The van der Waals surface area contributed by atoms with E-state index in [1.54, 1.807) is 6.20 Å². The Hall–Kier alpha value is -2.65. The molecule has 0 radical (unpaired) electrons. The molecule has 3 heterocycles. The van der Waals surface area contributed by atoms with Gasteiger partial charge in [0.05, 0.1) is 6.26 Å². The molecule has 154 valence electrons. The van der Waals surface area contributed by atoms with Gasteiger partial charge in [-0.3, -0.25) is 0 Å². The first-order valence-corrected chi connectivity index (χ1v) is 11.4. The fraction of sp³-hybridized carbons (Fsp3) is 0.400. The Labute approximate surface area is 170 Å². The summed E-state index contributed by atoms with van der Waals surface area (Å²) in [6.45, 7) is 2.70. The zero-order chi connectivity index (χ0) is 20.6. The topological polar surface area (TPSA) is 100 Å². The average molecular weight is 416 g/mol. The number of aromatic nitrogens is 2. The minimum atomic E-state index is -3.22. The SMILES string of the molecule is CNC1=CC=C(Nc2ncc(C)c(-c3cc4c(o3)CCN(S(C)(=O)=O)C4)n2)CC1. The predicted molar refractivity (Wildman–Crippen MR) is 112 cm³/mol. The van der Waals surface area contributed by atoms with Crippen molar-refractivity contribution in [2.24, 2.45) is 0 Å². The molecule has 0 saturated carbocycles. The molecule has 0 saturated heterocycles. The lowest BCUT2D eigenvalue weighted by atomic mass is 10.1. The minimum Gasteiger partial charge on any atom is -0.459 e. The summed E-state index contributed by atoms with van der Waals surface area (Å²) in [6, 6.07) is 1.90. The Morgan fingerprint density at radius 1 is 1.17 bits per heavy atom. The maximum Gasteiger partial charge on any atom is 0.227 e. The Morgan fingerprint density at radius 2 is 1.93 bits per heavy atom. The van der Waals surface area contributed by atoms with Crippen molar-refractivity contribution in [2.75, 3.05) is 25.2 Å². The number of aryl methyl sites for hydroxylation is 1. The number of sulfonamides is 1. The second-order valence-electron chi connectivity index (χ2n) is 7.39. The molecule has 0 amide bonds. The van der Waals surface area contributed by atoms with Crippen LogP contribution in [0, 0.1) is 6.92 Å². The van der Waals surface area contributed by atoms with Crippen molar-refractivity contribution in [3.63, 3.8) is 0 Å². The maximum atomic E-state index is 11.9. The van der Waals surface area contributed by atoms with Crippen molar-refractivity contribution >= 4 is 16.0 Å². The van der Waals surface area contributed by atoms with E-state index >= 15 is 0 Å². The highest BCUT2D eigenvalue weighted by molar-refractivity contribution is 7.88. The first kappa shape index (κ1) is 19.7. The number of rotatable bonds is 5. The van der Waals surface area contributed by atoms with E-state index in [2.05, 4.69) is 26.7 Å². The van der Waals surface area contributed by atoms with Crippen molar-refractivity contribution < 1.29 is 12.8 Å². The number of furan rings is 1. The van der Waals surface area contributed by atoms with E-state index < -0.39 is 10.0 Å². The van der Waals surface area contributed by atoms with E-state index in [4.69, 9.17) is 4.42 Å². The maximum absolute atomic E-state index is 11.9. The molecule has 0 bridgehead atoms. The third-order valence-corrected chi connectivity index (χ3v) is 6.50. The number of allylic oxidation sites excluding steroid dienone is 4. The second kappa shape index (κ2) is 7.64. The van der Waals surface area contributed by atoms with E-state index in [9.17, 15) is 8.42 Å². The minimum absolute atomic E-state index is 0.333. The van der Waals surface area contributed by atoms with E-state index in [0.717, 1.165) is 35.4 Å². The quantitative estimate of drug-likeness (QED) is 0.774. The summed E-state index contributed by atoms with van der Waals surface area (Å²) in [4.78, 5) is 9.06. The van der Waals surface area contributed by atoms with Crippen molar-refractivity contribution in [2.45, 2.75) is 32.7 Å². The lowest BCUT2D eigenvalue weighted by Gasteiger charge is -2.23. The summed E-state index contributed by atoms with van der Waals surface area (Å²) < 4.78 is 31.2. The summed E-state index contributed by atoms with van der Waals surface area (Å²) in [7, 11) is -1.30. The first-order chi connectivity index (χ1) is 13.8. The van der Waals surface area contributed by atoms with Gasteiger partial charge in [0.15, 0.2) is 5.76 Å². The van der Waals surface area contributed by atoms with Gasteiger partial charge in [-0.05, 0) is 43.5 Å². The van der Waals surface area contributed by atoms with Crippen molar-refractivity contribution in [3.8, 4) is 11.5 Å². The highest BCUT2D eigenvalue weighted by Crippen LogP contribution is 2.31. The van der Waals surface area contributed by atoms with Gasteiger partial charge >= 0.3 is 0 Å². The number of nitrogens with one attached hydrogen (secondary N) is 2. The van der Waals surface area contributed by atoms with Gasteiger partial charge in [-0.25, -0.2) is 18.4 Å². The summed E-state index contributed by atoms with van der Waals surface area (Å²) in [5.74, 6) is 1.99. The molecule has 2 aromatic heterocycles. The number of hydrogen-bond donors (Lipinski definition) is 2. The molecule has 0 spiro atoms. The van der Waals surface area contributed by atoms with E-state index in [1.165, 1.54) is 16.3 Å². The van der Waals surface area contributed by atoms with Crippen LogP contribution in [0.1, 0.15) is 29.7 Å². The van der Waals surface area contributed by atoms with Crippen LogP contribution in [0.25, 0.3) is 11.5 Å². The van der Waals surface area contributed by atoms with E-state index in [0.29, 0.717) is 36.9 Å². The normalized spacial score (nSPS) is 17.3. The van der Waals surface area contributed by atoms with Crippen LogP contribution >= 0.6 is 0 Å². The summed E-state index contributed by atoms with van der Waals surface area (Å²) >= 11 is 0. The molecule has 0 aromatic carbocycles. The third kappa shape index (κ3) is 4.20. The summed E-state index contributed by atoms with van der Waals surface area (Å²) in [5, 5.41) is 6.46. The second-order valence-corrected chi connectivity index (χ2v) is 9.37. The van der Waals surface area contributed by atoms with Crippen LogP contribution in [0.4, 0.5) is 5.95 Å². The zero-order valence-corrected chi connectivity index (χ0v) is 17.6. The molecule has 1 aliphatic heterocycles. The van der Waals surface area contributed by atoms with Crippen molar-refractivity contribution in [3.05, 3.63) is 52.7 Å². The Morgan fingerprint density at radius 3 is 2.62 bits per heavy atom. The van der Waals surface area contributed by atoms with Crippen molar-refractivity contribution in [1.29, 1.82) is 0 Å². The average Bonchev–Trinajstić information content (AvgIpc) is 3.12. The fourth-order valence-corrected chi connectivity index (χ4v) is 4.35. The number of fused-ring (bicyclic) bond motifs is 1. The van der Waals surface area contributed by atoms with Crippen LogP contribution in [-0.4, -0.2) is 42.5 Å². The molecular weight excluding hydrogens is 390 g/mol. The van der Waals surface area contributed by atoms with E-state index in [-0.39, 0.29) is 0 Å². The zero-order valence-electron chi connectivity index (χ0n) is 16.8. The molecule has 0 unspecified atom stereocenters. The van der Waals surface area contributed by atoms with Crippen LogP contribution in [0.2, 0.25) is 0 Å². The molecule has 1 aliphatic carbocycles. The molecule has 8 nitrogen and oxygen atoms in total. The van der Waals surface area contributed by atoms with Crippen LogP contribution in [-0.2, 0) is 23.0 Å². The largest absolute Gasteiger partial charge is 0.459 e. The Balaban J connectivity index is 1.59. The molecule has 2 aliphatic rings. The van der Waals surface area contributed by atoms with Gasteiger partial charge in [0.25, 0.3) is 0 Å². The molecular formula is C20H25N5O3S. The van der Waals surface area contributed by atoms with Gasteiger partial charge in [0, 0.05) is 49.7 Å². The Kier molecular flexibility index (Phi) is 5.18. The standard InChI is InChI=1S/C20H25N5O3S/c1-13-11-22-20(23-16-6-4-15(21-2)5-7-16)24-19(13)18-10-14-12-25(29(3,26)27)9-8-17(14)28-18/h4,6,10-11,21H,5,7-9,12H2,1-3H3,(H,22,23,24). The van der Waals surface area contributed by atoms with Gasteiger partial charge in [-0.15, -0.1) is 0 Å². The number of nitrogens with zero attached hydrogens (tertiary/aromatic N) is 3. The molecule has 0 atom stereocenters. The fourth-order valence-electron chi connectivity index (χ4n) is 3.55. The Bertz CT molecular complexity index is 1100. The summed E-state index contributed by atoms with van der Waals surface area (Å²) in [6.07, 6.45) is 9.47. The molecule has 4 rings (SSSR count). The lowest BCUT2D eigenvalue weighted by molar-refractivity contribution is 0.366. The highest BCUT2D eigenvalue weighted by atomic mass is 32.2. The molecule has 2 aromatic rings. The van der Waals surface area contributed by atoms with Gasteiger partial charge in [0.2, 0.25) is 16.0 Å². The van der Waals surface area contributed by atoms with Crippen molar-refractivity contribution in [1.82, 2.24) is 19.6 Å². The molecule has 2 N–H and O–H groups in total. The lowest BCUT2D eigenvalue weighted by Crippen LogP contribution is -2.34. The first-order valence-electron chi connectivity index (χ1n) is 9.58. The number of hydrogen-bond acceptors (Lipinski definition) is 7.